The highest BCUT2D eigenvalue weighted by atomic mass is 16.1. The summed E-state index contributed by atoms with van der Waals surface area (Å²) in [5, 5.41) is 0. The largest absolute Gasteiger partial charge is 0.298 e. The first-order chi connectivity index (χ1) is 6.72. The number of carbonyl (C=O) groups excluding carboxylic acids is 2. The number of hydrogen-bond acceptors (Lipinski definition) is 3. The molecule has 0 saturated heterocycles. The summed E-state index contributed by atoms with van der Waals surface area (Å²) in [6.07, 6.45) is 2.99. The second kappa shape index (κ2) is 3.33. The van der Waals surface area contributed by atoms with Crippen LogP contribution >= 0.6 is 0 Å². The van der Waals surface area contributed by atoms with Crippen LogP contribution in [-0.4, -0.2) is 17.1 Å². The molecule has 1 heterocycles. The first kappa shape index (κ1) is 9.06. The van der Waals surface area contributed by atoms with Crippen molar-refractivity contribution in [2.45, 2.75) is 26.2 Å². The van der Waals surface area contributed by atoms with Crippen LogP contribution in [0.4, 0.5) is 0 Å². The summed E-state index contributed by atoms with van der Waals surface area (Å²) >= 11 is 0. The molecule has 0 N–H and O–H groups in total. The van der Waals surface area contributed by atoms with Crippen molar-refractivity contribution in [1.29, 1.82) is 0 Å². The highest BCUT2D eigenvalue weighted by molar-refractivity contribution is 5.98. The Kier molecular flexibility index (Phi) is 2.15. The zero-order chi connectivity index (χ0) is 10.1. The topological polar surface area (TPSA) is 47.0 Å². The second-order valence-electron chi connectivity index (χ2n) is 3.57. The van der Waals surface area contributed by atoms with Crippen molar-refractivity contribution in [3.05, 3.63) is 28.6 Å². The summed E-state index contributed by atoms with van der Waals surface area (Å²) in [6, 6.07) is 1.74. The number of pyridine rings is 1. The van der Waals surface area contributed by atoms with Gasteiger partial charge in [0, 0.05) is 17.7 Å². The fraction of sp³-hybridized carbons (Fsp3) is 0.364. The number of ketones is 1. The van der Waals surface area contributed by atoms with E-state index in [1.54, 1.807) is 13.0 Å². The Morgan fingerprint density at radius 3 is 2.93 bits per heavy atom. The second-order valence-corrected chi connectivity index (χ2v) is 3.57. The zero-order valence-electron chi connectivity index (χ0n) is 8.04. The lowest BCUT2D eigenvalue weighted by atomic mass is 9.91. The average Bonchev–Trinajstić information content (AvgIpc) is 2.18. The van der Waals surface area contributed by atoms with Crippen LogP contribution in [0.25, 0.3) is 0 Å². The van der Waals surface area contributed by atoms with Gasteiger partial charge in [0.1, 0.15) is 12.0 Å². The molecule has 3 nitrogen and oxygen atoms in total. The van der Waals surface area contributed by atoms with Gasteiger partial charge in [-0.25, -0.2) is 4.98 Å². The van der Waals surface area contributed by atoms with Gasteiger partial charge in [0.2, 0.25) is 0 Å². The molecular formula is C11H11NO2. The molecule has 0 aromatic carbocycles. The monoisotopic (exact) mass is 189 g/mol. The molecule has 0 saturated carbocycles. The van der Waals surface area contributed by atoms with Gasteiger partial charge in [-0.15, -0.1) is 0 Å². The van der Waals surface area contributed by atoms with E-state index in [0.717, 1.165) is 30.4 Å². The van der Waals surface area contributed by atoms with E-state index in [9.17, 15) is 9.59 Å². The third kappa shape index (κ3) is 1.35. The Labute approximate surface area is 82.2 Å². The molecule has 0 bridgehead atoms. The van der Waals surface area contributed by atoms with E-state index in [0.29, 0.717) is 17.7 Å². The highest BCUT2D eigenvalue weighted by Gasteiger charge is 2.21. The summed E-state index contributed by atoms with van der Waals surface area (Å²) in [5.74, 6) is 0.0676. The predicted octanol–water partition coefficient (Wildman–Crippen LogP) is 1.72. The first-order valence-corrected chi connectivity index (χ1v) is 4.71. The van der Waals surface area contributed by atoms with Crippen molar-refractivity contribution in [2.24, 2.45) is 0 Å². The maximum Gasteiger partial charge on any atom is 0.181 e. The van der Waals surface area contributed by atoms with Gasteiger partial charge in [-0.2, -0.15) is 0 Å². The van der Waals surface area contributed by atoms with Crippen molar-refractivity contribution >= 4 is 12.1 Å². The van der Waals surface area contributed by atoms with Gasteiger partial charge >= 0.3 is 0 Å². The molecule has 2 rings (SSSR count). The Bertz CT molecular complexity index is 410. The predicted molar refractivity (Wildman–Crippen MR) is 51.6 cm³/mol. The SMILES string of the molecule is Cc1cc(C=O)c2c(n1)C(=O)CCC2. The Morgan fingerprint density at radius 2 is 2.21 bits per heavy atom. The maximum absolute atomic E-state index is 11.5. The number of carbonyl (C=O) groups is 2. The minimum absolute atomic E-state index is 0.0676. The molecule has 0 aliphatic heterocycles. The average molecular weight is 189 g/mol. The standard InChI is InChI=1S/C11H11NO2/c1-7-5-8(6-13)9-3-2-4-10(14)11(9)12-7/h5-6H,2-4H2,1H3. The molecular weight excluding hydrogens is 178 g/mol. The molecule has 1 aliphatic carbocycles. The molecule has 1 aliphatic rings. The molecule has 1 aromatic rings. The molecule has 0 amide bonds. The number of hydrogen-bond donors (Lipinski definition) is 0. The fourth-order valence-electron chi connectivity index (χ4n) is 1.87. The maximum atomic E-state index is 11.5. The van der Waals surface area contributed by atoms with Crippen LogP contribution in [0, 0.1) is 6.92 Å². The molecule has 3 heteroatoms. The lowest BCUT2D eigenvalue weighted by molar-refractivity contribution is 0.0967. The quantitative estimate of drug-likeness (QED) is 0.632. The van der Waals surface area contributed by atoms with Gasteiger partial charge in [-0.1, -0.05) is 0 Å². The number of rotatable bonds is 1. The van der Waals surface area contributed by atoms with E-state index in [4.69, 9.17) is 0 Å². The van der Waals surface area contributed by atoms with E-state index < -0.39 is 0 Å². The number of aryl methyl sites for hydroxylation is 1. The number of Topliss-reactive ketones (excluding diaryl/α,β-unsaturated/α-hetero) is 1. The number of fused-ring (bicyclic) bond motifs is 1. The van der Waals surface area contributed by atoms with Gasteiger partial charge in [-0.3, -0.25) is 9.59 Å². The lowest BCUT2D eigenvalue weighted by Crippen LogP contribution is -2.16. The molecule has 0 atom stereocenters. The normalized spacial score (nSPS) is 15.1. The zero-order valence-corrected chi connectivity index (χ0v) is 8.04. The Balaban J connectivity index is 2.66. The lowest BCUT2D eigenvalue weighted by Gasteiger charge is -2.15. The van der Waals surface area contributed by atoms with Crippen LogP contribution in [0.5, 0.6) is 0 Å². The smallest absolute Gasteiger partial charge is 0.181 e. The third-order valence-corrected chi connectivity index (χ3v) is 2.51. The van der Waals surface area contributed by atoms with Gasteiger partial charge in [0.05, 0.1) is 0 Å². The van der Waals surface area contributed by atoms with Crippen molar-refractivity contribution < 1.29 is 9.59 Å². The van der Waals surface area contributed by atoms with Gasteiger partial charge < -0.3 is 0 Å². The van der Waals surface area contributed by atoms with E-state index in [-0.39, 0.29) is 5.78 Å². The van der Waals surface area contributed by atoms with Crippen LogP contribution in [0.15, 0.2) is 6.07 Å². The molecule has 14 heavy (non-hydrogen) atoms. The summed E-state index contributed by atoms with van der Waals surface area (Å²) < 4.78 is 0. The van der Waals surface area contributed by atoms with Crippen LogP contribution in [0.1, 0.15) is 44.9 Å². The minimum Gasteiger partial charge on any atom is -0.298 e. The molecule has 0 radical (unpaired) electrons. The molecule has 0 spiro atoms. The van der Waals surface area contributed by atoms with Crippen LogP contribution in [0.2, 0.25) is 0 Å². The summed E-state index contributed by atoms with van der Waals surface area (Å²) in [5.41, 5.74) is 2.71. The molecule has 0 fully saturated rings. The minimum atomic E-state index is 0.0676. The van der Waals surface area contributed by atoms with Crippen molar-refractivity contribution in [2.75, 3.05) is 0 Å². The van der Waals surface area contributed by atoms with Crippen molar-refractivity contribution in [3.8, 4) is 0 Å². The number of aromatic nitrogens is 1. The van der Waals surface area contributed by atoms with Crippen LogP contribution in [0.3, 0.4) is 0 Å². The summed E-state index contributed by atoms with van der Waals surface area (Å²) in [4.78, 5) is 26.5. The summed E-state index contributed by atoms with van der Waals surface area (Å²) in [7, 11) is 0. The number of nitrogens with zero attached hydrogens (tertiary/aromatic N) is 1. The molecule has 1 aromatic heterocycles. The highest BCUT2D eigenvalue weighted by Crippen LogP contribution is 2.22. The third-order valence-electron chi connectivity index (χ3n) is 2.51. The summed E-state index contributed by atoms with van der Waals surface area (Å²) in [6.45, 7) is 1.80. The van der Waals surface area contributed by atoms with Gasteiger partial charge in [0.15, 0.2) is 5.78 Å². The van der Waals surface area contributed by atoms with Crippen molar-refractivity contribution in [1.82, 2.24) is 4.98 Å². The van der Waals surface area contributed by atoms with E-state index in [1.807, 2.05) is 0 Å². The first-order valence-electron chi connectivity index (χ1n) is 4.71. The fourth-order valence-corrected chi connectivity index (χ4v) is 1.87. The van der Waals surface area contributed by atoms with Gasteiger partial charge in [0.25, 0.3) is 0 Å². The van der Waals surface area contributed by atoms with Crippen molar-refractivity contribution in [3.63, 3.8) is 0 Å². The molecule has 0 unspecified atom stereocenters. The Hall–Kier alpha value is -1.51. The Morgan fingerprint density at radius 1 is 1.43 bits per heavy atom. The van der Waals surface area contributed by atoms with Crippen LogP contribution in [-0.2, 0) is 6.42 Å². The van der Waals surface area contributed by atoms with Crippen LogP contribution < -0.4 is 0 Å². The van der Waals surface area contributed by atoms with E-state index in [1.165, 1.54) is 0 Å². The number of aldehydes is 1. The van der Waals surface area contributed by atoms with Gasteiger partial charge in [-0.05, 0) is 31.4 Å². The molecule has 72 valence electrons. The van der Waals surface area contributed by atoms with E-state index in [2.05, 4.69) is 4.98 Å². The van der Waals surface area contributed by atoms with E-state index >= 15 is 0 Å².